The molecule has 0 spiro atoms. The fourth-order valence-electron chi connectivity index (χ4n) is 1.94. The van der Waals surface area contributed by atoms with Crippen LogP contribution in [0, 0.1) is 5.92 Å². The van der Waals surface area contributed by atoms with Crippen LogP contribution in [0.3, 0.4) is 0 Å². The first kappa shape index (κ1) is 13.6. The summed E-state index contributed by atoms with van der Waals surface area (Å²) < 4.78 is 5.18. The highest BCUT2D eigenvalue weighted by Gasteiger charge is 2.22. The van der Waals surface area contributed by atoms with Gasteiger partial charge in [-0.3, -0.25) is 4.79 Å². The molecule has 0 bridgehead atoms. The summed E-state index contributed by atoms with van der Waals surface area (Å²) >= 11 is 0. The zero-order valence-corrected chi connectivity index (χ0v) is 10.9. The lowest BCUT2D eigenvalue weighted by molar-refractivity contribution is -0.141. The van der Waals surface area contributed by atoms with Crippen LogP contribution in [0.2, 0.25) is 0 Å². The van der Waals surface area contributed by atoms with Gasteiger partial charge in [-0.25, -0.2) is 0 Å². The summed E-state index contributed by atoms with van der Waals surface area (Å²) in [5, 5.41) is 9.05. The Bertz CT molecular complexity index is 398. The van der Waals surface area contributed by atoms with Crippen molar-refractivity contribution in [1.29, 1.82) is 0 Å². The summed E-state index contributed by atoms with van der Waals surface area (Å²) in [5.74, 6) is -0.307. The van der Waals surface area contributed by atoms with Crippen LogP contribution in [0.15, 0.2) is 18.2 Å². The number of carboxylic acid groups (broad SMARTS) is 1. The molecule has 0 aliphatic rings. The fourth-order valence-corrected chi connectivity index (χ4v) is 1.94. The molecule has 0 fully saturated rings. The first-order chi connectivity index (χ1) is 8.01. The summed E-state index contributed by atoms with van der Waals surface area (Å²) in [7, 11) is 1.64. The number of hydrogen-bond acceptors (Lipinski definition) is 2. The number of ether oxygens (including phenoxy) is 1. The van der Waals surface area contributed by atoms with Crippen LogP contribution in [0.1, 0.15) is 37.8 Å². The molecule has 0 aliphatic carbocycles. The minimum atomic E-state index is -0.754. The number of methoxy groups -OCH3 is 1. The SMILES string of the molecule is CCc1cc(OC)ccc1C(C)[C@H](C)C(=O)O. The highest BCUT2D eigenvalue weighted by molar-refractivity contribution is 5.71. The van der Waals surface area contributed by atoms with Gasteiger partial charge in [-0.2, -0.15) is 0 Å². The molecule has 0 aromatic heterocycles. The molecule has 0 amide bonds. The molecule has 94 valence electrons. The molecule has 0 saturated carbocycles. The van der Waals surface area contributed by atoms with Crippen molar-refractivity contribution in [3.63, 3.8) is 0 Å². The van der Waals surface area contributed by atoms with E-state index in [0.29, 0.717) is 0 Å². The largest absolute Gasteiger partial charge is 0.497 e. The lowest BCUT2D eigenvalue weighted by atomic mass is 9.85. The lowest BCUT2D eigenvalue weighted by Crippen LogP contribution is -2.17. The molecule has 0 saturated heterocycles. The number of aliphatic carboxylic acids is 1. The average molecular weight is 236 g/mol. The molecule has 0 heterocycles. The van der Waals surface area contributed by atoms with Gasteiger partial charge in [0, 0.05) is 0 Å². The predicted molar refractivity (Wildman–Crippen MR) is 67.6 cm³/mol. The molecular weight excluding hydrogens is 216 g/mol. The first-order valence-electron chi connectivity index (χ1n) is 5.90. The van der Waals surface area contributed by atoms with Gasteiger partial charge in [-0.05, 0) is 35.6 Å². The van der Waals surface area contributed by atoms with E-state index in [1.807, 2.05) is 25.1 Å². The van der Waals surface area contributed by atoms with E-state index in [9.17, 15) is 4.79 Å². The number of hydrogen-bond donors (Lipinski definition) is 1. The Morgan fingerprint density at radius 3 is 2.53 bits per heavy atom. The first-order valence-corrected chi connectivity index (χ1v) is 5.90. The highest BCUT2D eigenvalue weighted by atomic mass is 16.5. The van der Waals surface area contributed by atoms with E-state index >= 15 is 0 Å². The van der Waals surface area contributed by atoms with Crippen LogP contribution in [0.5, 0.6) is 5.75 Å². The molecule has 1 rings (SSSR count). The van der Waals surface area contributed by atoms with Crippen LogP contribution in [-0.2, 0) is 11.2 Å². The van der Waals surface area contributed by atoms with Gasteiger partial charge in [-0.1, -0.05) is 26.8 Å². The second-order valence-electron chi connectivity index (χ2n) is 4.33. The molecule has 0 radical (unpaired) electrons. The number of carbonyl (C=O) groups is 1. The zero-order valence-electron chi connectivity index (χ0n) is 10.9. The Morgan fingerprint density at radius 1 is 1.41 bits per heavy atom. The van der Waals surface area contributed by atoms with E-state index in [1.165, 1.54) is 0 Å². The van der Waals surface area contributed by atoms with E-state index in [1.54, 1.807) is 14.0 Å². The molecule has 1 N–H and O–H groups in total. The van der Waals surface area contributed by atoms with Crippen LogP contribution in [0.4, 0.5) is 0 Å². The third-order valence-corrected chi connectivity index (χ3v) is 3.36. The summed E-state index contributed by atoms with van der Waals surface area (Å²) in [6.45, 7) is 5.77. The smallest absolute Gasteiger partial charge is 0.306 e. The van der Waals surface area contributed by atoms with Crippen LogP contribution >= 0.6 is 0 Å². The molecular formula is C14H20O3. The Balaban J connectivity index is 3.08. The molecule has 2 atom stereocenters. The standard InChI is InChI=1S/C14H20O3/c1-5-11-8-12(17-4)6-7-13(11)9(2)10(3)14(15)16/h6-10H,5H2,1-4H3,(H,15,16)/t9?,10-/m0/s1. The van der Waals surface area contributed by atoms with Crippen molar-refractivity contribution in [3.05, 3.63) is 29.3 Å². The molecule has 17 heavy (non-hydrogen) atoms. The van der Waals surface area contributed by atoms with Crippen molar-refractivity contribution in [3.8, 4) is 5.75 Å². The molecule has 0 aliphatic heterocycles. The van der Waals surface area contributed by atoms with E-state index < -0.39 is 5.97 Å². The van der Waals surface area contributed by atoms with Gasteiger partial charge in [0.1, 0.15) is 5.75 Å². The molecule has 1 aromatic carbocycles. The van der Waals surface area contributed by atoms with Crippen molar-refractivity contribution in [2.45, 2.75) is 33.1 Å². The molecule has 3 nitrogen and oxygen atoms in total. The maximum absolute atomic E-state index is 11.0. The Hall–Kier alpha value is -1.51. The van der Waals surface area contributed by atoms with E-state index in [2.05, 4.69) is 6.92 Å². The summed E-state index contributed by atoms with van der Waals surface area (Å²) in [6, 6.07) is 5.85. The second kappa shape index (κ2) is 5.71. The third-order valence-electron chi connectivity index (χ3n) is 3.36. The van der Waals surface area contributed by atoms with Crippen LogP contribution in [-0.4, -0.2) is 18.2 Å². The maximum atomic E-state index is 11.0. The molecule has 1 unspecified atom stereocenters. The number of rotatable bonds is 5. The van der Waals surface area contributed by atoms with Gasteiger partial charge in [-0.15, -0.1) is 0 Å². The van der Waals surface area contributed by atoms with Gasteiger partial charge in [0.2, 0.25) is 0 Å². The summed E-state index contributed by atoms with van der Waals surface area (Å²) in [6.07, 6.45) is 0.878. The van der Waals surface area contributed by atoms with E-state index in [-0.39, 0.29) is 11.8 Å². The number of benzene rings is 1. The third kappa shape index (κ3) is 2.99. The van der Waals surface area contributed by atoms with Gasteiger partial charge in [0.05, 0.1) is 13.0 Å². The van der Waals surface area contributed by atoms with Gasteiger partial charge >= 0.3 is 5.97 Å². The quantitative estimate of drug-likeness (QED) is 0.854. The summed E-state index contributed by atoms with van der Waals surface area (Å²) in [5.41, 5.74) is 2.26. The van der Waals surface area contributed by atoms with Crippen molar-refractivity contribution >= 4 is 5.97 Å². The average Bonchev–Trinajstić information content (AvgIpc) is 2.35. The normalized spacial score (nSPS) is 14.1. The Labute approximate surface area is 102 Å². The van der Waals surface area contributed by atoms with E-state index in [4.69, 9.17) is 9.84 Å². The summed E-state index contributed by atoms with van der Waals surface area (Å²) in [4.78, 5) is 11.0. The van der Waals surface area contributed by atoms with Crippen molar-refractivity contribution in [2.24, 2.45) is 5.92 Å². The monoisotopic (exact) mass is 236 g/mol. The predicted octanol–water partition coefficient (Wildman–Crippen LogP) is 3.08. The lowest BCUT2D eigenvalue weighted by Gasteiger charge is -2.20. The molecule has 1 aromatic rings. The fraction of sp³-hybridized carbons (Fsp3) is 0.500. The Kier molecular flexibility index (Phi) is 4.55. The van der Waals surface area contributed by atoms with Crippen molar-refractivity contribution in [2.75, 3.05) is 7.11 Å². The van der Waals surface area contributed by atoms with Gasteiger partial charge in [0.25, 0.3) is 0 Å². The van der Waals surface area contributed by atoms with Gasteiger partial charge < -0.3 is 9.84 Å². The van der Waals surface area contributed by atoms with Crippen molar-refractivity contribution in [1.82, 2.24) is 0 Å². The second-order valence-corrected chi connectivity index (χ2v) is 4.33. The highest BCUT2D eigenvalue weighted by Crippen LogP contribution is 2.30. The zero-order chi connectivity index (χ0) is 13.0. The number of aryl methyl sites for hydroxylation is 1. The minimum absolute atomic E-state index is 0.00774. The Morgan fingerprint density at radius 2 is 2.06 bits per heavy atom. The molecule has 3 heteroatoms. The topological polar surface area (TPSA) is 46.5 Å². The van der Waals surface area contributed by atoms with Crippen LogP contribution < -0.4 is 4.74 Å². The minimum Gasteiger partial charge on any atom is -0.497 e. The van der Waals surface area contributed by atoms with Crippen molar-refractivity contribution < 1.29 is 14.6 Å². The maximum Gasteiger partial charge on any atom is 0.306 e. The number of carboxylic acids is 1. The van der Waals surface area contributed by atoms with Gasteiger partial charge in [0.15, 0.2) is 0 Å². The van der Waals surface area contributed by atoms with E-state index in [0.717, 1.165) is 23.3 Å². The van der Waals surface area contributed by atoms with Crippen LogP contribution in [0.25, 0.3) is 0 Å².